The van der Waals surface area contributed by atoms with Gasteiger partial charge in [-0.3, -0.25) is 14.2 Å². The van der Waals surface area contributed by atoms with Crippen molar-refractivity contribution in [3.63, 3.8) is 0 Å². The average Bonchev–Trinajstić information content (AvgIpc) is 2.93. The van der Waals surface area contributed by atoms with Gasteiger partial charge in [-0.1, -0.05) is 18.2 Å². The van der Waals surface area contributed by atoms with Gasteiger partial charge >= 0.3 is 11.7 Å². The monoisotopic (exact) mass is 344 g/mol. The fraction of sp³-hybridized carbons (Fsp3) is 0.235. The van der Waals surface area contributed by atoms with Crippen LogP contribution in [0.1, 0.15) is 17.7 Å². The van der Waals surface area contributed by atoms with E-state index in [0.717, 1.165) is 9.44 Å². The lowest BCUT2D eigenvalue weighted by Gasteiger charge is -2.11. The van der Waals surface area contributed by atoms with E-state index in [2.05, 4.69) is 0 Å². The summed E-state index contributed by atoms with van der Waals surface area (Å²) < 4.78 is 2.65. The summed E-state index contributed by atoms with van der Waals surface area (Å²) in [5.74, 6) is -0.905. The highest BCUT2D eigenvalue weighted by molar-refractivity contribution is 7.18. The van der Waals surface area contributed by atoms with Crippen LogP contribution >= 0.6 is 11.3 Å². The number of carbonyl (C=O) groups is 1. The zero-order valence-corrected chi connectivity index (χ0v) is 13.9. The molecule has 2 heterocycles. The number of hydrogen-bond donors (Lipinski definition) is 1. The molecule has 24 heavy (non-hydrogen) atoms. The van der Waals surface area contributed by atoms with Crippen molar-refractivity contribution in [3.8, 4) is 5.69 Å². The Bertz CT molecular complexity index is 1010. The number of fused-ring (bicyclic) bond motifs is 1. The standard InChI is InChI=1S/C17H16N2O4S/c1-11-10-13-15(22)19(12-6-3-2-4-7-12)17(23)18(16(13)24-11)9-5-8-14(20)21/h2-4,6-7,10H,5,8-9H2,1H3,(H,20,21). The summed E-state index contributed by atoms with van der Waals surface area (Å²) in [7, 11) is 0. The van der Waals surface area contributed by atoms with Crippen molar-refractivity contribution in [1.29, 1.82) is 0 Å². The van der Waals surface area contributed by atoms with E-state index < -0.39 is 11.7 Å². The third-order valence-electron chi connectivity index (χ3n) is 3.72. The molecule has 6 nitrogen and oxygen atoms in total. The molecule has 0 radical (unpaired) electrons. The first kappa shape index (κ1) is 16.2. The first-order chi connectivity index (χ1) is 11.5. The second-order valence-electron chi connectivity index (χ2n) is 5.48. The molecule has 1 N–H and O–H groups in total. The van der Waals surface area contributed by atoms with Crippen LogP contribution in [0, 0.1) is 6.92 Å². The molecule has 7 heteroatoms. The van der Waals surface area contributed by atoms with Crippen molar-refractivity contribution >= 4 is 27.5 Å². The molecule has 2 aromatic heterocycles. The molecule has 0 unspecified atom stereocenters. The van der Waals surface area contributed by atoms with Gasteiger partial charge < -0.3 is 5.11 Å². The summed E-state index contributed by atoms with van der Waals surface area (Å²) in [6.45, 7) is 2.14. The molecule has 0 aliphatic carbocycles. The van der Waals surface area contributed by atoms with Gasteiger partial charge in [-0.2, -0.15) is 0 Å². The molecule has 0 amide bonds. The van der Waals surface area contributed by atoms with Gasteiger partial charge in [-0.05, 0) is 31.5 Å². The smallest absolute Gasteiger partial charge is 0.336 e. The van der Waals surface area contributed by atoms with E-state index in [9.17, 15) is 14.4 Å². The van der Waals surface area contributed by atoms with E-state index in [1.807, 2.05) is 13.0 Å². The minimum Gasteiger partial charge on any atom is -0.481 e. The van der Waals surface area contributed by atoms with Crippen LogP contribution in [0.2, 0.25) is 0 Å². The lowest BCUT2D eigenvalue weighted by Crippen LogP contribution is -2.38. The van der Waals surface area contributed by atoms with Crippen molar-refractivity contribution in [2.45, 2.75) is 26.3 Å². The number of benzene rings is 1. The number of nitrogens with zero attached hydrogens (tertiary/aromatic N) is 2. The molecule has 0 aliphatic rings. The zero-order chi connectivity index (χ0) is 17.3. The molecular formula is C17H16N2O4S. The first-order valence-corrected chi connectivity index (χ1v) is 8.34. The third-order valence-corrected chi connectivity index (χ3v) is 4.80. The molecular weight excluding hydrogens is 328 g/mol. The Morgan fingerprint density at radius 2 is 1.92 bits per heavy atom. The number of para-hydroxylation sites is 1. The van der Waals surface area contributed by atoms with Gasteiger partial charge in [0.1, 0.15) is 4.83 Å². The Kier molecular flexibility index (Phi) is 4.35. The molecule has 3 rings (SSSR count). The van der Waals surface area contributed by atoms with Crippen LogP contribution in [0.25, 0.3) is 15.9 Å². The van der Waals surface area contributed by atoms with E-state index in [4.69, 9.17) is 5.11 Å². The highest BCUT2D eigenvalue weighted by Crippen LogP contribution is 2.22. The maximum Gasteiger partial charge on any atom is 0.336 e. The van der Waals surface area contributed by atoms with E-state index in [1.54, 1.807) is 30.3 Å². The fourth-order valence-electron chi connectivity index (χ4n) is 2.66. The molecule has 0 aliphatic heterocycles. The van der Waals surface area contributed by atoms with Crippen molar-refractivity contribution in [2.24, 2.45) is 0 Å². The number of thiophene rings is 1. The minimum atomic E-state index is -0.905. The third kappa shape index (κ3) is 2.90. The Hall–Kier alpha value is -2.67. The summed E-state index contributed by atoms with van der Waals surface area (Å²) in [6, 6.07) is 10.5. The topological polar surface area (TPSA) is 81.3 Å². The second-order valence-corrected chi connectivity index (χ2v) is 6.72. The second kappa shape index (κ2) is 6.45. The first-order valence-electron chi connectivity index (χ1n) is 7.52. The molecule has 0 saturated heterocycles. The Labute approximate surface area is 141 Å². The zero-order valence-electron chi connectivity index (χ0n) is 13.1. The fourth-order valence-corrected chi connectivity index (χ4v) is 3.68. The highest BCUT2D eigenvalue weighted by atomic mass is 32.1. The predicted octanol–water partition coefficient (Wildman–Crippen LogP) is 2.39. The van der Waals surface area contributed by atoms with E-state index in [0.29, 0.717) is 22.3 Å². The van der Waals surface area contributed by atoms with Crippen molar-refractivity contribution in [3.05, 3.63) is 62.1 Å². The molecule has 124 valence electrons. The van der Waals surface area contributed by atoms with Gasteiger partial charge in [-0.25, -0.2) is 9.36 Å². The Balaban J connectivity index is 2.24. The summed E-state index contributed by atoms with van der Waals surface area (Å²) >= 11 is 1.37. The largest absolute Gasteiger partial charge is 0.481 e. The summed E-state index contributed by atoms with van der Waals surface area (Å²) in [5.41, 5.74) is -0.281. The van der Waals surface area contributed by atoms with E-state index in [-0.39, 0.29) is 18.5 Å². The SMILES string of the molecule is Cc1cc2c(=O)n(-c3ccccc3)c(=O)n(CCCC(=O)O)c2s1. The van der Waals surface area contributed by atoms with Crippen LogP contribution < -0.4 is 11.2 Å². The summed E-state index contributed by atoms with van der Waals surface area (Å²) in [5, 5.41) is 9.30. The molecule has 0 saturated carbocycles. The molecule has 0 spiro atoms. The molecule has 0 bridgehead atoms. The maximum atomic E-state index is 12.9. The summed E-state index contributed by atoms with van der Waals surface area (Å²) in [6.07, 6.45) is 0.303. The normalized spacial score (nSPS) is 11.0. The number of aryl methyl sites for hydroxylation is 2. The minimum absolute atomic E-state index is 0.0250. The number of aliphatic carboxylic acids is 1. The lowest BCUT2D eigenvalue weighted by atomic mass is 10.3. The van der Waals surface area contributed by atoms with Crippen molar-refractivity contribution in [1.82, 2.24) is 9.13 Å². The lowest BCUT2D eigenvalue weighted by molar-refractivity contribution is -0.137. The van der Waals surface area contributed by atoms with Crippen LogP contribution in [0.15, 0.2) is 46.0 Å². The average molecular weight is 344 g/mol. The van der Waals surface area contributed by atoms with Crippen LogP contribution in [0.4, 0.5) is 0 Å². The van der Waals surface area contributed by atoms with Crippen LogP contribution in [-0.4, -0.2) is 20.2 Å². The van der Waals surface area contributed by atoms with Gasteiger partial charge in [0.2, 0.25) is 0 Å². The number of hydrogen-bond acceptors (Lipinski definition) is 4. The quantitative estimate of drug-likeness (QED) is 0.770. The molecule has 0 atom stereocenters. The molecule has 3 aromatic rings. The van der Waals surface area contributed by atoms with Crippen molar-refractivity contribution in [2.75, 3.05) is 0 Å². The maximum absolute atomic E-state index is 12.9. The van der Waals surface area contributed by atoms with E-state index in [1.165, 1.54) is 15.9 Å². The Morgan fingerprint density at radius 1 is 1.21 bits per heavy atom. The van der Waals surface area contributed by atoms with Gasteiger partial charge in [0, 0.05) is 17.8 Å². The van der Waals surface area contributed by atoms with Gasteiger partial charge in [-0.15, -0.1) is 11.3 Å². The summed E-state index contributed by atoms with van der Waals surface area (Å²) in [4.78, 5) is 37.9. The molecule has 0 fully saturated rings. The van der Waals surface area contributed by atoms with Gasteiger partial charge in [0.25, 0.3) is 5.56 Å². The molecule has 1 aromatic carbocycles. The number of aromatic nitrogens is 2. The number of carboxylic acids is 1. The van der Waals surface area contributed by atoms with E-state index >= 15 is 0 Å². The van der Waals surface area contributed by atoms with Crippen molar-refractivity contribution < 1.29 is 9.90 Å². The predicted molar refractivity (Wildman–Crippen MR) is 93.3 cm³/mol. The number of rotatable bonds is 5. The number of carboxylic acid groups (broad SMARTS) is 1. The van der Waals surface area contributed by atoms with Crippen LogP contribution in [0.5, 0.6) is 0 Å². The van der Waals surface area contributed by atoms with Crippen LogP contribution in [0.3, 0.4) is 0 Å². The van der Waals surface area contributed by atoms with Crippen LogP contribution in [-0.2, 0) is 11.3 Å². The Morgan fingerprint density at radius 3 is 2.58 bits per heavy atom. The highest BCUT2D eigenvalue weighted by Gasteiger charge is 2.16. The van der Waals surface area contributed by atoms with Gasteiger partial charge in [0.05, 0.1) is 11.1 Å². The van der Waals surface area contributed by atoms with Gasteiger partial charge in [0.15, 0.2) is 0 Å².